The van der Waals surface area contributed by atoms with Gasteiger partial charge >= 0.3 is 0 Å². The van der Waals surface area contributed by atoms with Crippen LogP contribution in [-0.2, 0) is 105 Å². The molecule has 4 atom stereocenters. The van der Waals surface area contributed by atoms with Gasteiger partial charge in [-0.3, -0.25) is 0 Å². The third-order valence-electron chi connectivity index (χ3n) is 5.22. The summed E-state index contributed by atoms with van der Waals surface area (Å²) in [6.07, 6.45) is 5.05. The highest BCUT2D eigenvalue weighted by Crippen LogP contribution is 2.09. The molecule has 0 aromatic heterocycles. The van der Waals surface area contributed by atoms with Crippen molar-refractivity contribution in [2.45, 2.75) is 39.3 Å². The Hall–Kier alpha value is 1.34. The summed E-state index contributed by atoms with van der Waals surface area (Å²) in [5.41, 5.74) is 0. The van der Waals surface area contributed by atoms with Gasteiger partial charge in [0.1, 0.15) is 24.4 Å². The Morgan fingerprint density at radius 3 is 0.833 bits per heavy atom. The highest BCUT2D eigenvalue weighted by Gasteiger charge is 2.18. The summed E-state index contributed by atoms with van der Waals surface area (Å²) in [7, 11) is -11.6. The SMILES string of the molecule is C.C.CS(=O)(=O)OCOCC(COCC(COCOS(C)(=O)=O)OCOS(C)(=O)=O)OCOS(C)(=O)=O.CSSC.SCOCC(COCC(COCS)OCS)OCS. The minimum Gasteiger partial charge on any atom is -0.376 e. The van der Waals surface area contributed by atoms with Crippen molar-refractivity contribution in [3.63, 3.8) is 0 Å². The van der Waals surface area contributed by atoms with Gasteiger partial charge in [0.25, 0.3) is 40.5 Å². The summed E-state index contributed by atoms with van der Waals surface area (Å²) < 4.78 is 158. The molecule has 0 N–H and O–H groups in total. The highest BCUT2D eigenvalue weighted by atomic mass is 33.1. The molecule has 0 aromatic rings. The van der Waals surface area contributed by atoms with E-state index >= 15 is 0 Å². The molecule has 4 unspecified atom stereocenters. The summed E-state index contributed by atoms with van der Waals surface area (Å²) >= 11 is 15.9. The molecule has 0 aliphatic rings. The van der Waals surface area contributed by atoms with Crippen molar-refractivity contribution in [1.29, 1.82) is 0 Å². The maximum atomic E-state index is 11.1. The number of hydrogen-bond acceptors (Lipinski definition) is 28. The van der Waals surface area contributed by atoms with E-state index in [1.807, 2.05) is 0 Å². The molecule has 0 saturated carbocycles. The molecular formula is C28H66O22S10. The van der Waals surface area contributed by atoms with E-state index in [0.29, 0.717) is 50.2 Å². The maximum absolute atomic E-state index is 11.1. The fourth-order valence-electron chi connectivity index (χ4n) is 2.84. The summed E-state index contributed by atoms with van der Waals surface area (Å²) in [4.78, 5) is 0. The average molecular weight is 1080 g/mol. The molecule has 60 heavy (non-hydrogen) atoms. The number of rotatable bonds is 37. The zero-order valence-corrected chi connectivity index (χ0v) is 41.3. The van der Waals surface area contributed by atoms with Crippen LogP contribution in [-0.4, -0.2) is 199 Å². The van der Waals surface area contributed by atoms with Crippen molar-refractivity contribution in [2.24, 2.45) is 0 Å². The van der Waals surface area contributed by atoms with Gasteiger partial charge in [0.05, 0.1) is 102 Å². The van der Waals surface area contributed by atoms with Crippen LogP contribution in [0.1, 0.15) is 14.9 Å². The lowest BCUT2D eigenvalue weighted by atomic mass is 10.4. The molecule has 0 aromatic carbocycles. The van der Waals surface area contributed by atoms with Gasteiger partial charge in [-0.1, -0.05) is 36.4 Å². The van der Waals surface area contributed by atoms with E-state index < -0.39 is 79.9 Å². The fraction of sp³-hybridized carbons (Fsp3) is 1.00. The average Bonchev–Trinajstić information content (AvgIpc) is 3.11. The number of hydrogen-bond donors (Lipinski definition) is 4. The van der Waals surface area contributed by atoms with Gasteiger partial charge in [-0.2, -0.15) is 84.2 Å². The van der Waals surface area contributed by atoms with Crippen LogP contribution in [0.3, 0.4) is 0 Å². The Labute approximate surface area is 388 Å². The second-order valence-electron chi connectivity index (χ2n) is 10.3. The standard InChI is InChI=1S/C14H30O17S4.C10H22O5S4.C2H6S2.2CH4/c1-32(15,16)28-9-24-7-13(26-11-30-34(3,19)20)5-23-6-14(27-12-31-35(4,21)22)8-25-10-29-33(2,17)18;16-5-12-3-9(14-7-18)1-11-2-10(15-8-19)4-13-6-17;1-3-4-2;;/h13-14H,5-12H2,1-4H3;9-10,16-19H,1-8H2;1-2H3;2*1H4. The van der Waals surface area contributed by atoms with Crippen LogP contribution >= 0.6 is 72.1 Å². The fourth-order valence-corrected chi connectivity index (χ4v) is 4.42. The van der Waals surface area contributed by atoms with Crippen LogP contribution in [0, 0.1) is 0 Å². The van der Waals surface area contributed by atoms with Crippen LogP contribution < -0.4 is 0 Å². The third kappa shape index (κ3) is 59.3. The Bertz CT molecular complexity index is 1280. The van der Waals surface area contributed by atoms with E-state index in [9.17, 15) is 33.7 Å². The number of thiol groups is 4. The van der Waals surface area contributed by atoms with Crippen LogP contribution in [0.15, 0.2) is 0 Å². The predicted octanol–water partition coefficient (Wildman–Crippen LogP) is 1.80. The van der Waals surface area contributed by atoms with E-state index in [4.69, 9.17) is 47.4 Å². The highest BCUT2D eigenvalue weighted by molar-refractivity contribution is 8.76. The van der Waals surface area contributed by atoms with Crippen molar-refractivity contribution < 1.29 is 97.8 Å². The molecule has 0 amide bonds. The first kappa shape index (κ1) is 70.4. The molecule has 0 rings (SSSR count). The molecular weight excluding hydrogens is 1010 g/mol. The molecule has 0 heterocycles. The Kier molecular flexibility index (Phi) is 51.8. The van der Waals surface area contributed by atoms with Gasteiger partial charge in [-0.25, -0.2) is 16.7 Å². The maximum Gasteiger partial charge on any atom is 0.266 e. The second-order valence-corrected chi connectivity index (χ2v) is 20.6. The normalized spacial score (nSPS) is 14.0. The quantitative estimate of drug-likeness (QED) is 0.0227. The molecule has 0 fully saturated rings. The van der Waals surface area contributed by atoms with Gasteiger partial charge in [0.2, 0.25) is 0 Å². The number of ether oxygens (including phenoxy) is 10. The van der Waals surface area contributed by atoms with Gasteiger partial charge in [-0.15, -0.1) is 0 Å². The van der Waals surface area contributed by atoms with E-state index in [1.54, 1.807) is 21.6 Å². The first-order chi connectivity index (χ1) is 27.1. The molecule has 32 heteroatoms. The van der Waals surface area contributed by atoms with Crippen molar-refractivity contribution in [3.05, 3.63) is 0 Å². The lowest BCUT2D eigenvalue weighted by Crippen LogP contribution is -2.32. The minimum absolute atomic E-state index is 0. The van der Waals surface area contributed by atoms with E-state index in [0.717, 1.165) is 25.0 Å². The van der Waals surface area contributed by atoms with Crippen LogP contribution in [0.5, 0.6) is 0 Å². The molecule has 22 nitrogen and oxygen atoms in total. The van der Waals surface area contributed by atoms with E-state index in [1.165, 1.54) is 0 Å². The molecule has 0 bridgehead atoms. The summed E-state index contributed by atoms with van der Waals surface area (Å²) in [6.45, 7) is -2.21. The van der Waals surface area contributed by atoms with Crippen molar-refractivity contribution >= 4 is 113 Å². The second kappa shape index (κ2) is 44.2. The summed E-state index contributed by atoms with van der Waals surface area (Å²) in [6, 6.07) is 0. The van der Waals surface area contributed by atoms with Crippen molar-refractivity contribution in [3.8, 4) is 0 Å². The lowest BCUT2D eigenvalue weighted by molar-refractivity contribution is -0.139. The topological polar surface area (TPSA) is 266 Å². The first-order valence-electron chi connectivity index (χ1n) is 15.9. The van der Waals surface area contributed by atoms with Crippen molar-refractivity contribution in [2.75, 3.05) is 141 Å². The van der Waals surface area contributed by atoms with E-state index in [2.05, 4.69) is 79.8 Å². The zero-order valence-electron chi connectivity index (χ0n) is 32.8. The molecule has 0 spiro atoms. The van der Waals surface area contributed by atoms with Crippen LogP contribution in [0.2, 0.25) is 0 Å². The zero-order chi connectivity index (χ0) is 44.9. The minimum atomic E-state index is -3.81. The van der Waals surface area contributed by atoms with Crippen molar-refractivity contribution in [1.82, 2.24) is 0 Å². The third-order valence-corrected chi connectivity index (χ3v) is 9.32. The molecule has 0 aliphatic heterocycles. The molecule has 0 saturated heterocycles. The Morgan fingerprint density at radius 1 is 0.367 bits per heavy atom. The molecule has 370 valence electrons. The van der Waals surface area contributed by atoms with Gasteiger partial charge in [0, 0.05) is 0 Å². The largest absolute Gasteiger partial charge is 0.376 e. The van der Waals surface area contributed by atoms with Gasteiger partial charge in [-0.05, 0) is 12.5 Å². The summed E-state index contributed by atoms with van der Waals surface area (Å²) in [5, 5.41) is 0. The smallest absolute Gasteiger partial charge is 0.266 e. The molecule has 0 aliphatic carbocycles. The first-order valence-corrected chi connectivity index (χ1v) is 28.6. The van der Waals surface area contributed by atoms with E-state index in [-0.39, 0.29) is 53.5 Å². The van der Waals surface area contributed by atoms with Gasteiger partial charge < -0.3 is 47.4 Å². The van der Waals surface area contributed by atoms with Crippen LogP contribution in [0.25, 0.3) is 0 Å². The van der Waals surface area contributed by atoms with Gasteiger partial charge in [0.15, 0.2) is 27.2 Å². The monoisotopic (exact) mass is 1070 g/mol. The Balaban J connectivity index is -0.000000340. The molecule has 0 radical (unpaired) electrons. The summed E-state index contributed by atoms with van der Waals surface area (Å²) in [5.74, 6) is 1.30. The Morgan fingerprint density at radius 2 is 0.600 bits per heavy atom. The lowest BCUT2D eigenvalue weighted by Gasteiger charge is -2.21. The predicted molar refractivity (Wildman–Crippen MR) is 244 cm³/mol. The van der Waals surface area contributed by atoms with Crippen LogP contribution in [0.4, 0.5) is 0 Å².